The van der Waals surface area contributed by atoms with Crippen molar-refractivity contribution in [2.24, 2.45) is 0 Å². The van der Waals surface area contributed by atoms with Crippen LogP contribution in [0.25, 0.3) is 0 Å². The molecule has 4 heteroatoms. The van der Waals surface area contributed by atoms with E-state index in [-0.39, 0.29) is 5.82 Å². The third-order valence-electron chi connectivity index (χ3n) is 2.70. The van der Waals surface area contributed by atoms with Crippen LogP contribution < -0.4 is 5.32 Å². The summed E-state index contributed by atoms with van der Waals surface area (Å²) in [4.78, 5) is 0. The first-order valence-electron chi connectivity index (χ1n) is 6.43. The van der Waals surface area contributed by atoms with Crippen LogP contribution in [-0.2, 0) is 6.42 Å². The molecular weight excluding hydrogens is 313 g/mol. The van der Waals surface area contributed by atoms with Gasteiger partial charge in [-0.3, -0.25) is 0 Å². The Balaban J connectivity index is 2.65. The summed E-state index contributed by atoms with van der Waals surface area (Å²) in [7, 11) is 0. The van der Waals surface area contributed by atoms with E-state index in [1.54, 1.807) is 6.07 Å². The van der Waals surface area contributed by atoms with Gasteiger partial charge in [-0.1, -0.05) is 26.0 Å². The van der Waals surface area contributed by atoms with Gasteiger partial charge in [0.05, 0.1) is 4.47 Å². The molecule has 1 N–H and O–H groups in total. The molecule has 0 aromatic heterocycles. The Bertz CT molecular complexity index is 352. The van der Waals surface area contributed by atoms with Crippen LogP contribution in [0, 0.1) is 5.82 Å². The molecule has 0 amide bonds. The summed E-state index contributed by atoms with van der Waals surface area (Å²) in [5.74, 6) is 2.01. The van der Waals surface area contributed by atoms with Crippen LogP contribution in [0.2, 0.25) is 0 Å². The lowest BCUT2D eigenvalue weighted by Crippen LogP contribution is -2.34. The number of hydrogen-bond donors (Lipinski definition) is 1. The van der Waals surface area contributed by atoms with Crippen molar-refractivity contribution in [3.8, 4) is 0 Å². The first-order valence-corrected chi connectivity index (χ1v) is 8.37. The molecule has 0 saturated carbocycles. The molecule has 18 heavy (non-hydrogen) atoms. The summed E-state index contributed by atoms with van der Waals surface area (Å²) in [5, 5.41) is 3.54. The highest BCUT2D eigenvalue weighted by Crippen LogP contribution is 2.22. The molecule has 1 rings (SSSR count). The van der Waals surface area contributed by atoms with Crippen LogP contribution >= 0.6 is 27.7 Å². The average Bonchev–Trinajstić information content (AvgIpc) is 2.38. The zero-order valence-electron chi connectivity index (χ0n) is 11.0. The van der Waals surface area contributed by atoms with Crippen LogP contribution in [-0.4, -0.2) is 24.1 Å². The van der Waals surface area contributed by atoms with E-state index < -0.39 is 0 Å². The summed E-state index contributed by atoms with van der Waals surface area (Å²) in [6.45, 7) is 5.34. The molecule has 0 bridgehead atoms. The lowest BCUT2D eigenvalue weighted by molar-refractivity contribution is 0.546. The van der Waals surface area contributed by atoms with Crippen LogP contribution in [0.3, 0.4) is 0 Å². The van der Waals surface area contributed by atoms with Gasteiger partial charge in [0.25, 0.3) is 0 Å². The summed E-state index contributed by atoms with van der Waals surface area (Å²) >= 11 is 5.26. The van der Waals surface area contributed by atoms with Gasteiger partial charge in [-0.25, -0.2) is 4.39 Å². The van der Waals surface area contributed by atoms with Crippen molar-refractivity contribution in [1.29, 1.82) is 0 Å². The van der Waals surface area contributed by atoms with Gasteiger partial charge in [0.2, 0.25) is 0 Å². The maximum atomic E-state index is 13.5. The van der Waals surface area contributed by atoms with E-state index in [0.717, 1.165) is 36.5 Å². The molecular formula is C14H21BrFNS. The fourth-order valence-corrected chi connectivity index (χ4v) is 2.95. The monoisotopic (exact) mass is 333 g/mol. The Morgan fingerprint density at radius 2 is 2.17 bits per heavy atom. The lowest BCUT2D eigenvalue weighted by Gasteiger charge is -2.19. The number of halogens is 2. The predicted octanol–water partition coefficient (Wildman–Crippen LogP) is 4.25. The second-order valence-electron chi connectivity index (χ2n) is 4.23. The Labute approximate surface area is 122 Å². The van der Waals surface area contributed by atoms with Crippen LogP contribution in [0.4, 0.5) is 4.39 Å². The summed E-state index contributed by atoms with van der Waals surface area (Å²) < 4.78 is 14.1. The number of rotatable bonds is 8. The standard InChI is InChI=1S/C14H21BrFNS/c1-3-8-17-12(10-18-4-2)9-11-6-5-7-13(16)14(11)15/h5-7,12,17H,3-4,8-10H2,1-2H3. The molecule has 0 aliphatic heterocycles. The van der Waals surface area contributed by atoms with Crippen LogP contribution in [0.5, 0.6) is 0 Å². The van der Waals surface area contributed by atoms with Gasteiger partial charge >= 0.3 is 0 Å². The number of nitrogens with one attached hydrogen (secondary N) is 1. The molecule has 0 aliphatic rings. The lowest BCUT2D eigenvalue weighted by atomic mass is 10.1. The second kappa shape index (κ2) is 8.94. The molecule has 0 radical (unpaired) electrons. The highest BCUT2D eigenvalue weighted by atomic mass is 79.9. The quantitative estimate of drug-likeness (QED) is 0.763. The average molecular weight is 334 g/mol. The van der Waals surface area contributed by atoms with Gasteiger partial charge in [-0.15, -0.1) is 0 Å². The van der Waals surface area contributed by atoms with Crippen molar-refractivity contribution < 1.29 is 4.39 Å². The van der Waals surface area contributed by atoms with Crippen molar-refractivity contribution in [2.75, 3.05) is 18.1 Å². The van der Waals surface area contributed by atoms with E-state index in [9.17, 15) is 4.39 Å². The van der Waals surface area contributed by atoms with Gasteiger partial charge in [-0.2, -0.15) is 11.8 Å². The Morgan fingerprint density at radius 1 is 1.39 bits per heavy atom. The molecule has 0 aliphatic carbocycles. The Kier molecular flexibility index (Phi) is 7.95. The summed E-state index contributed by atoms with van der Waals surface area (Å²) in [6.07, 6.45) is 1.99. The van der Waals surface area contributed by atoms with E-state index in [0.29, 0.717) is 10.5 Å². The van der Waals surface area contributed by atoms with E-state index in [1.807, 2.05) is 17.8 Å². The normalized spacial score (nSPS) is 12.7. The molecule has 0 heterocycles. The summed E-state index contributed by atoms with van der Waals surface area (Å²) in [5.41, 5.74) is 1.04. The fourth-order valence-electron chi connectivity index (χ4n) is 1.77. The van der Waals surface area contributed by atoms with Crippen molar-refractivity contribution in [3.63, 3.8) is 0 Å². The molecule has 0 fully saturated rings. The Hall–Kier alpha value is -0.0600. The highest BCUT2D eigenvalue weighted by molar-refractivity contribution is 9.10. The maximum Gasteiger partial charge on any atom is 0.137 e. The first-order chi connectivity index (χ1) is 8.69. The van der Waals surface area contributed by atoms with Gasteiger partial charge < -0.3 is 5.32 Å². The third kappa shape index (κ3) is 5.29. The van der Waals surface area contributed by atoms with E-state index in [4.69, 9.17) is 0 Å². The first kappa shape index (κ1) is 16.0. The number of benzene rings is 1. The molecule has 0 spiro atoms. The topological polar surface area (TPSA) is 12.0 Å². The molecule has 1 aromatic rings. The molecule has 0 saturated heterocycles. The van der Waals surface area contributed by atoms with Crippen molar-refractivity contribution >= 4 is 27.7 Å². The minimum Gasteiger partial charge on any atom is -0.313 e. The molecule has 1 nitrogen and oxygen atoms in total. The van der Waals surface area contributed by atoms with Crippen molar-refractivity contribution in [1.82, 2.24) is 5.32 Å². The fraction of sp³-hybridized carbons (Fsp3) is 0.571. The number of hydrogen-bond acceptors (Lipinski definition) is 2. The third-order valence-corrected chi connectivity index (χ3v) is 4.64. The van der Waals surface area contributed by atoms with Crippen LogP contribution in [0.1, 0.15) is 25.8 Å². The largest absolute Gasteiger partial charge is 0.313 e. The summed E-state index contributed by atoms with van der Waals surface area (Å²) in [6, 6.07) is 5.67. The molecule has 102 valence electrons. The molecule has 1 aromatic carbocycles. The van der Waals surface area contributed by atoms with Gasteiger partial charge in [0.1, 0.15) is 5.82 Å². The van der Waals surface area contributed by atoms with Crippen LogP contribution in [0.15, 0.2) is 22.7 Å². The van der Waals surface area contributed by atoms with Crippen molar-refractivity contribution in [3.05, 3.63) is 34.1 Å². The van der Waals surface area contributed by atoms with Gasteiger partial charge in [0.15, 0.2) is 0 Å². The molecule has 1 unspecified atom stereocenters. The van der Waals surface area contributed by atoms with E-state index in [1.165, 1.54) is 6.07 Å². The number of thioether (sulfide) groups is 1. The smallest absolute Gasteiger partial charge is 0.137 e. The minimum absolute atomic E-state index is 0.176. The zero-order chi connectivity index (χ0) is 13.4. The van der Waals surface area contributed by atoms with Gasteiger partial charge in [0, 0.05) is 11.8 Å². The highest BCUT2D eigenvalue weighted by Gasteiger charge is 2.12. The zero-order valence-corrected chi connectivity index (χ0v) is 13.4. The molecule has 1 atom stereocenters. The SMILES string of the molecule is CCCNC(CSCC)Cc1cccc(F)c1Br. The predicted molar refractivity (Wildman–Crippen MR) is 82.9 cm³/mol. The van der Waals surface area contributed by atoms with Gasteiger partial charge in [-0.05, 0) is 52.7 Å². The van der Waals surface area contributed by atoms with Crippen molar-refractivity contribution in [2.45, 2.75) is 32.7 Å². The second-order valence-corrected chi connectivity index (χ2v) is 6.34. The Morgan fingerprint density at radius 3 is 2.83 bits per heavy atom. The van der Waals surface area contributed by atoms with E-state index >= 15 is 0 Å². The van der Waals surface area contributed by atoms with E-state index in [2.05, 4.69) is 35.1 Å². The maximum absolute atomic E-state index is 13.5. The minimum atomic E-state index is -0.176.